The van der Waals surface area contributed by atoms with Crippen molar-refractivity contribution in [3.63, 3.8) is 0 Å². The van der Waals surface area contributed by atoms with E-state index in [0.29, 0.717) is 32.1 Å². The van der Waals surface area contributed by atoms with Gasteiger partial charge in [-0.25, -0.2) is 4.98 Å². The first kappa shape index (κ1) is 18.2. The first-order valence-electron chi connectivity index (χ1n) is 9.37. The van der Waals surface area contributed by atoms with Crippen LogP contribution in [0.5, 0.6) is 0 Å². The van der Waals surface area contributed by atoms with Gasteiger partial charge in [0.05, 0.1) is 19.8 Å². The Morgan fingerprint density at radius 3 is 2.61 bits per heavy atom. The zero-order valence-corrected chi connectivity index (χ0v) is 15.6. The lowest BCUT2D eigenvalue weighted by Crippen LogP contribution is -2.48. The Morgan fingerprint density at radius 1 is 1.14 bits per heavy atom. The van der Waals surface area contributed by atoms with Crippen molar-refractivity contribution in [1.29, 1.82) is 0 Å². The molecule has 2 heterocycles. The fourth-order valence-corrected chi connectivity index (χ4v) is 3.44. The van der Waals surface area contributed by atoms with Gasteiger partial charge in [0.15, 0.2) is 0 Å². The SMILES string of the molecule is O=C(CN(Cc1ccccc1)c1ccccc1)N1CCOCC1c1ncn[nH]1. The van der Waals surface area contributed by atoms with Gasteiger partial charge in [-0.05, 0) is 17.7 Å². The van der Waals surface area contributed by atoms with Gasteiger partial charge >= 0.3 is 0 Å². The first-order chi connectivity index (χ1) is 13.8. The van der Waals surface area contributed by atoms with E-state index >= 15 is 0 Å². The van der Waals surface area contributed by atoms with E-state index in [9.17, 15) is 4.79 Å². The zero-order chi connectivity index (χ0) is 19.2. The minimum Gasteiger partial charge on any atom is -0.377 e. The van der Waals surface area contributed by atoms with Crippen molar-refractivity contribution < 1.29 is 9.53 Å². The summed E-state index contributed by atoms with van der Waals surface area (Å²) in [5, 5.41) is 6.78. The fourth-order valence-electron chi connectivity index (χ4n) is 3.44. The molecule has 7 heteroatoms. The van der Waals surface area contributed by atoms with E-state index < -0.39 is 0 Å². The van der Waals surface area contributed by atoms with Crippen LogP contribution in [0.1, 0.15) is 17.4 Å². The number of aromatic nitrogens is 3. The summed E-state index contributed by atoms with van der Waals surface area (Å²) < 4.78 is 5.58. The van der Waals surface area contributed by atoms with Gasteiger partial charge in [-0.3, -0.25) is 9.89 Å². The van der Waals surface area contributed by atoms with Gasteiger partial charge < -0.3 is 14.5 Å². The number of anilines is 1. The summed E-state index contributed by atoms with van der Waals surface area (Å²) >= 11 is 0. The van der Waals surface area contributed by atoms with Crippen molar-refractivity contribution in [2.75, 3.05) is 31.2 Å². The number of amides is 1. The third-order valence-corrected chi connectivity index (χ3v) is 4.86. The maximum Gasteiger partial charge on any atom is 0.242 e. The minimum atomic E-state index is -0.238. The van der Waals surface area contributed by atoms with E-state index in [1.54, 1.807) is 0 Å². The number of nitrogens with zero attached hydrogens (tertiary/aromatic N) is 4. The molecule has 2 aromatic carbocycles. The van der Waals surface area contributed by atoms with Crippen LogP contribution in [0.3, 0.4) is 0 Å². The lowest BCUT2D eigenvalue weighted by Gasteiger charge is -2.36. The molecule has 0 bridgehead atoms. The lowest BCUT2D eigenvalue weighted by atomic mass is 10.1. The van der Waals surface area contributed by atoms with Crippen molar-refractivity contribution in [2.24, 2.45) is 0 Å². The molecule has 1 saturated heterocycles. The normalized spacial score (nSPS) is 16.7. The van der Waals surface area contributed by atoms with Crippen LogP contribution < -0.4 is 4.90 Å². The lowest BCUT2D eigenvalue weighted by molar-refractivity contribution is -0.139. The summed E-state index contributed by atoms with van der Waals surface area (Å²) in [6.07, 6.45) is 1.46. The smallest absolute Gasteiger partial charge is 0.242 e. The van der Waals surface area contributed by atoms with Gasteiger partial charge in [0.25, 0.3) is 0 Å². The number of nitrogens with one attached hydrogen (secondary N) is 1. The van der Waals surface area contributed by atoms with E-state index in [0.717, 1.165) is 11.3 Å². The highest BCUT2D eigenvalue weighted by atomic mass is 16.5. The molecular weight excluding hydrogens is 354 g/mol. The maximum absolute atomic E-state index is 13.2. The highest BCUT2D eigenvalue weighted by Crippen LogP contribution is 2.23. The number of carbonyl (C=O) groups is 1. The molecule has 1 fully saturated rings. The number of rotatable bonds is 6. The Bertz CT molecular complexity index is 870. The van der Waals surface area contributed by atoms with E-state index in [1.807, 2.05) is 53.4 Å². The zero-order valence-electron chi connectivity index (χ0n) is 15.6. The van der Waals surface area contributed by atoms with Crippen LogP contribution in [0, 0.1) is 0 Å². The summed E-state index contributed by atoms with van der Waals surface area (Å²) in [4.78, 5) is 21.4. The molecule has 3 aromatic rings. The highest BCUT2D eigenvalue weighted by molar-refractivity contribution is 5.82. The molecule has 1 aliphatic heterocycles. The summed E-state index contributed by atoms with van der Waals surface area (Å²) in [5.41, 5.74) is 2.18. The number of hydrogen-bond donors (Lipinski definition) is 1. The third-order valence-electron chi connectivity index (χ3n) is 4.86. The van der Waals surface area contributed by atoms with Crippen LogP contribution in [-0.4, -0.2) is 52.3 Å². The van der Waals surface area contributed by atoms with Crippen molar-refractivity contribution in [3.05, 3.63) is 78.4 Å². The molecule has 4 rings (SSSR count). The van der Waals surface area contributed by atoms with E-state index in [4.69, 9.17) is 4.74 Å². The van der Waals surface area contributed by atoms with Gasteiger partial charge in [-0.2, -0.15) is 5.10 Å². The molecule has 1 atom stereocenters. The maximum atomic E-state index is 13.2. The standard InChI is InChI=1S/C21H23N5O2/c27-20(26-11-12-28-15-19(26)21-22-16-23-24-21)14-25(18-9-5-2-6-10-18)13-17-7-3-1-4-8-17/h1-10,16,19H,11-15H2,(H,22,23,24). The number of H-pyrrole nitrogens is 1. The fraction of sp³-hybridized carbons (Fsp3) is 0.286. The molecule has 1 aliphatic rings. The van der Waals surface area contributed by atoms with E-state index in [1.165, 1.54) is 6.33 Å². The number of hydrogen-bond acceptors (Lipinski definition) is 5. The number of morpholine rings is 1. The molecule has 1 aromatic heterocycles. The largest absolute Gasteiger partial charge is 0.377 e. The third kappa shape index (κ3) is 4.20. The average Bonchev–Trinajstić information content (AvgIpc) is 3.29. The molecule has 0 aliphatic carbocycles. The van der Waals surface area contributed by atoms with Crippen LogP contribution in [0.4, 0.5) is 5.69 Å². The molecule has 1 amide bonds. The second kappa shape index (κ2) is 8.67. The molecule has 7 nitrogen and oxygen atoms in total. The Hall–Kier alpha value is -3.19. The molecule has 0 radical (unpaired) electrons. The first-order valence-corrected chi connectivity index (χ1v) is 9.37. The Balaban J connectivity index is 1.54. The van der Waals surface area contributed by atoms with Crippen LogP contribution in [0.15, 0.2) is 67.0 Å². The second-order valence-corrected chi connectivity index (χ2v) is 6.73. The molecule has 144 valence electrons. The predicted molar refractivity (Wildman–Crippen MR) is 106 cm³/mol. The minimum absolute atomic E-state index is 0.0458. The van der Waals surface area contributed by atoms with Crippen molar-refractivity contribution in [2.45, 2.75) is 12.6 Å². The topological polar surface area (TPSA) is 74.3 Å². The van der Waals surface area contributed by atoms with Gasteiger partial charge in [0.2, 0.25) is 5.91 Å². The molecule has 28 heavy (non-hydrogen) atoms. The average molecular weight is 377 g/mol. The van der Waals surface area contributed by atoms with Crippen LogP contribution in [0.2, 0.25) is 0 Å². The Labute approximate surface area is 164 Å². The number of aromatic amines is 1. The molecule has 1 unspecified atom stereocenters. The van der Waals surface area contributed by atoms with E-state index in [2.05, 4.69) is 32.2 Å². The van der Waals surface area contributed by atoms with Crippen molar-refractivity contribution in [3.8, 4) is 0 Å². The number of carbonyl (C=O) groups excluding carboxylic acids is 1. The van der Waals surface area contributed by atoms with Crippen LogP contribution in [-0.2, 0) is 16.1 Å². The summed E-state index contributed by atoms with van der Waals surface area (Å²) in [5.74, 6) is 0.701. The van der Waals surface area contributed by atoms with E-state index in [-0.39, 0.29) is 18.5 Å². The Kier molecular flexibility index (Phi) is 5.63. The van der Waals surface area contributed by atoms with Crippen LogP contribution >= 0.6 is 0 Å². The summed E-state index contributed by atoms with van der Waals surface area (Å²) in [7, 11) is 0. The summed E-state index contributed by atoms with van der Waals surface area (Å²) in [6, 6.07) is 20.0. The number of benzene rings is 2. The monoisotopic (exact) mass is 377 g/mol. The molecule has 1 N–H and O–H groups in total. The van der Waals surface area contributed by atoms with Gasteiger partial charge in [0.1, 0.15) is 18.2 Å². The number of ether oxygens (including phenoxy) is 1. The number of para-hydroxylation sites is 1. The van der Waals surface area contributed by atoms with Crippen molar-refractivity contribution in [1.82, 2.24) is 20.1 Å². The van der Waals surface area contributed by atoms with Gasteiger partial charge in [0, 0.05) is 18.8 Å². The van der Waals surface area contributed by atoms with Crippen molar-refractivity contribution >= 4 is 11.6 Å². The van der Waals surface area contributed by atoms with Gasteiger partial charge in [-0.1, -0.05) is 48.5 Å². The molecule has 0 spiro atoms. The van der Waals surface area contributed by atoms with Crippen LogP contribution in [0.25, 0.3) is 0 Å². The highest BCUT2D eigenvalue weighted by Gasteiger charge is 2.31. The predicted octanol–water partition coefficient (Wildman–Crippen LogP) is 2.41. The summed E-state index contributed by atoms with van der Waals surface area (Å²) in [6.45, 7) is 2.43. The molecular formula is C21H23N5O2. The Morgan fingerprint density at radius 2 is 1.89 bits per heavy atom. The molecule has 0 saturated carbocycles. The quantitative estimate of drug-likeness (QED) is 0.714. The second-order valence-electron chi connectivity index (χ2n) is 6.73. The van der Waals surface area contributed by atoms with Gasteiger partial charge in [-0.15, -0.1) is 0 Å².